The van der Waals surface area contributed by atoms with Gasteiger partial charge in [-0.3, -0.25) is 4.79 Å². The average molecular weight is 383 g/mol. The predicted molar refractivity (Wildman–Crippen MR) is 82.0 cm³/mol. The average Bonchev–Trinajstić information content (AvgIpc) is 2.45. The van der Waals surface area contributed by atoms with Crippen molar-refractivity contribution in [1.82, 2.24) is 4.72 Å². The molecule has 2 unspecified atom stereocenters. The quantitative estimate of drug-likeness (QED) is 0.673. The van der Waals surface area contributed by atoms with Crippen LogP contribution in [0.4, 0.5) is 13.2 Å². The highest BCUT2D eigenvalue weighted by Gasteiger charge is 2.36. The number of hydrogen-bond donors (Lipinski definition) is 2. The van der Waals surface area contributed by atoms with Gasteiger partial charge in [-0.05, 0) is 24.1 Å². The van der Waals surface area contributed by atoms with Gasteiger partial charge in [0.25, 0.3) is 0 Å². The van der Waals surface area contributed by atoms with Gasteiger partial charge in [0.15, 0.2) is 0 Å². The van der Waals surface area contributed by atoms with E-state index in [1.54, 1.807) is 0 Å². The topological polar surface area (TPSA) is 89.3 Å². The first-order chi connectivity index (χ1) is 11.0. The Bertz CT molecular complexity index is 610. The van der Waals surface area contributed by atoms with Gasteiger partial charge in [0, 0.05) is 12.0 Å². The summed E-state index contributed by atoms with van der Waals surface area (Å²) in [7, 11) is -2.20. The van der Waals surface area contributed by atoms with E-state index in [1.807, 2.05) is 0 Å². The second-order valence-electron chi connectivity index (χ2n) is 5.04. The Morgan fingerprint density at radius 2 is 2.08 bits per heavy atom. The van der Waals surface area contributed by atoms with E-state index in [0.29, 0.717) is 6.29 Å². The SMILES string of the molecule is C[C@H](CC(F)(F)F)[C@@H](NS(=O)C(C=O)c1c#cc(Cl)cc1)C(N)=O. The number of amides is 1. The summed E-state index contributed by atoms with van der Waals surface area (Å²) in [6.45, 7) is 1.14. The number of primary amides is 1. The summed E-state index contributed by atoms with van der Waals surface area (Å²) < 4.78 is 51.8. The third-order valence-corrected chi connectivity index (χ3v) is 4.60. The van der Waals surface area contributed by atoms with Gasteiger partial charge in [0.2, 0.25) is 5.91 Å². The Labute approximate surface area is 144 Å². The molecule has 0 aromatic heterocycles. The number of aldehydes is 1. The highest BCUT2D eigenvalue weighted by molar-refractivity contribution is 7.84. The normalized spacial score (nSPS) is 16.5. The lowest BCUT2D eigenvalue weighted by atomic mass is 9.98. The molecule has 0 saturated heterocycles. The number of alkyl halides is 3. The molecule has 0 aliphatic rings. The summed E-state index contributed by atoms with van der Waals surface area (Å²) in [5, 5.41) is -1.05. The van der Waals surface area contributed by atoms with Crippen LogP contribution in [-0.2, 0) is 20.6 Å². The number of rotatable bonds is 8. The van der Waals surface area contributed by atoms with Gasteiger partial charge in [-0.2, -0.15) is 13.2 Å². The predicted octanol–water partition coefficient (Wildman–Crippen LogP) is 1.88. The zero-order valence-electron chi connectivity index (χ0n) is 12.4. The lowest BCUT2D eigenvalue weighted by Gasteiger charge is -2.24. The minimum absolute atomic E-state index is 0.159. The standard InChI is InChI=1S/C14H14ClF3N2O3S/c1-8(6-14(16,17)18)12(13(19)22)20-24(23)11(7-21)9-2-4-10(15)5-3-9/h2,4,7-8,11-12,20H,6H2,1H3,(H2,19,22)/t8-,11?,12-,24?/m1/s1. The molecule has 0 aliphatic heterocycles. The molecule has 3 N–H and O–H groups in total. The zero-order valence-corrected chi connectivity index (χ0v) is 14.0. The molecule has 1 aromatic rings. The van der Waals surface area contributed by atoms with E-state index in [0.717, 1.165) is 6.92 Å². The first-order valence-electron chi connectivity index (χ1n) is 6.62. The molecule has 1 aromatic carbocycles. The molecule has 132 valence electrons. The van der Waals surface area contributed by atoms with E-state index in [9.17, 15) is 27.0 Å². The first kappa shape index (κ1) is 20.4. The van der Waals surface area contributed by atoms with Crippen LogP contribution in [-0.4, -0.2) is 28.6 Å². The van der Waals surface area contributed by atoms with Crippen molar-refractivity contribution in [2.45, 2.75) is 30.8 Å². The molecule has 1 amide bonds. The fourth-order valence-electron chi connectivity index (χ4n) is 1.92. The van der Waals surface area contributed by atoms with Crippen LogP contribution in [0.1, 0.15) is 24.2 Å². The van der Waals surface area contributed by atoms with Crippen LogP contribution in [0.2, 0.25) is 5.02 Å². The van der Waals surface area contributed by atoms with Gasteiger partial charge in [0.05, 0.1) is 5.02 Å². The summed E-state index contributed by atoms with van der Waals surface area (Å²) in [4.78, 5) is 22.6. The molecule has 0 aliphatic carbocycles. The van der Waals surface area contributed by atoms with Crippen molar-refractivity contribution in [3.63, 3.8) is 0 Å². The van der Waals surface area contributed by atoms with E-state index in [-0.39, 0.29) is 10.6 Å². The highest BCUT2D eigenvalue weighted by Crippen LogP contribution is 2.27. The Morgan fingerprint density at radius 3 is 2.50 bits per heavy atom. The molecule has 10 heteroatoms. The fourth-order valence-corrected chi connectivity index (χ4v) is 3.24. The van der Waals surface area contributed by atoms with Crippen molar-refractivity contribution in [3.05, 3.63) is 34.9 Å². The zero-order chi connectivity index (χ0) is 18.5. The van der Waals surface area contributed by atoms with Crippen LogP contribution in [0.3, 0.4) is 0 Å². The molecule has 0 heterocycles. The van der Waals surface area contributed by atoms with Gasteiger partial charge in [-0.25, -0.2) is 8.93 Å². The Hall–Kier alpha value is -1.63. The van der Waals surface area contributed by atoms with Crippen LogP contribution in [0.25, 0.3) is 0 Å². The molecule has 1 rings (SSSR count). The Kier molecular flexibility index (Phi) is 7.20. The van der Waals surface area contributed by atoms with E-state index in [4.69, 9.17) is 17.3 Å². The van der Waals surface area contributed by atoms with Gasteiger partial charge >= 0.3 is 6.18 Å². The summed E-state index contributed by atoms with van der Waals surface area (Å²) in [6.07, 6.45) is -5.49. The van der Waals surface area contributed by atoms with Crippen LogP contribution < -0.4 is 10.5 Å². The summed E-state index contributed by atoms with van der Waals surface area (Å²) >= 11 is 5.63. The van der Waals surface area contributed by atoms with Crippen molar-refractivity contribution >= 4 is 34.8 Å². The lowest BCUT2D eigenvalue weighted by Crippen LogP contribution is -2.48. The molecular weight excluding hydrogens is 369 g/mol. The number of nitrogens with one attached hydrogen (secondary N) is 1. The van der Waals surface area contributed by atoms with Gasteiger partial charge in [0.1, 0.15) is 28.6 Å². The number of carbonyl (C=O) groups is 2. The molecule has 0 fully saturated rings. The van der Waals surface area contributed by atoms with Crippen molar-refractivity contribution in [3.8, 4) is 0 Å². The molecule has 24 heavy (non-hydrogen) atoms. The van der Waals surface area contributed by atoms with Crippen molar-refractivity contribution in [2.75, 3.05) is 0 Å². The maximum absolute atomic E-state index is 12.5. The smallest absolute Gasteiger partial charge is 0.368 e. The molecule has 0 bridgehead atoms. The van der Waals surface area contributed by atoms with E-state index in [2.05, 4.69) is 16.9 Å². The number of hydrogen-bond acceptors (Lipinski definition) is 3. The van der Waals surface area contributed by atoms with Gasteiger partial charge < -0.3 is 10.5 Å². The largest absolute Gasteiger partial charge is 0.389 e. The van der Waals surface area contributed by atoms with Crippen LogP contribution in [0, 0.1) is 18.1 Å². The van der Waals surface area contributed by atoms with Crippen molar-refractivity contribution < 1.29 is 27.0 Å². The van der Waals surface area contributed by atoms with Crippen LogP contribution in [0.15, 0.2) is 12.1 Å². The monoisotopic (exact) mass is 382 g/mol. The highest BCUT2D eigenvalue weighted by atomic mass is 35.5. The van der Waals surface area contributed by atoms with E-state index < -0.39 is 46.7 Å². The second-order valence-corrected chi connectivity index (χ2v) is 6.78. The lowest BCUT2D eigenvalue weighted by molar-refractivity contribution is -0.146. The van der Waals surface area contributed by atoms with Crippen LogP contribution >= 0.6 is 11.6 Å². The molecule has 5 nitrogen and oxygen atoms in total. The number of carbonyl (C=O) groups excluding carboxylic acids is 2. The number of halogens is 4. The third-order valence-electron chi connectivity index (χ3n) is 3.07. The minimum Gasteiger partial charge on any atom is -0.368 e. The van der Waals surface area contributed by atoms with Gasteiger partial charge in [-0.1, -0.05) is 24.6 Å². The Morgan fingerprint density at radius 1 is 1.46 bits per heavy atom. The number of nitrogens with two attached hydrogens (primary N) is 1. The molecular formula is C14H14ClF3N2O3S. The summed E-state index contributed by atoms with van der Waals surface area (Å²) in [5.74, 6) is -2.36. The maximum atomic E-state index is 12.5. The molecule has 0 saturated carbocycles. The minimum atomic E-state index is -4.51. The fraction of sp³-hybridized carbons (Fsp3) is 0.429. The third kappa shape index (κ3) is 6.11. The molecule has 0 radical (unpaired) electrons. The second kappa shape index (κ2) is 8.46. The Balaban J connectivity index is 2.92. The summed E-state index contributed by atoms with van der Waals surface area (Å²) in [6, 6.07) is 6.24. The first-order valence-corrected chi connectivity index (χ1v) is 8.21. The maximum Gasteiger partial charge on any atom is 0.389 e. The molecule has 0 spiro atoms. The van der Waals surface area contributed by atoms with Gasteiger partial charge in [-0.15, -0.1) is 0 Å². The van der Waals surface area contributed by atoms with Crippen molar-refractivity contribution in [2.24, 2.45) is 11.7 Å². The van der Waals surface area contributed by atoms with Crippen LogP contribution in [0.5, 0.6) is 0 Å². The van der Waals surface area contributed by atoms with E-state index in [1.165, 1.54) is 12.1 Å². The summed E-state index contributed by atoms with van der Waals surface area (Å²) in [5.41, 5.74) is 5.24. The van der Waals surface area contributed by atoms with Crippen molar-refractivity contribution in [1.29, 1.82) is 0 Å². The van der Waals surface area contributed by atoms with E-state index >= 15 is 0 Å². The molecule has 4 atom stereocenters.